The number of hydrogen-bond acceptors (Lipinski definition) is 5. The molecule has 0 amide bonds. The minimum absolute atomic E-state index is 0.0612. The Balaban J connectivity index is 1.67. The molecule has 0 spiro atoms. The van der Waals surface area contributed by atoms with Gasteiger partial charge in [0.2, 0.25) is 0 Å². The molecule has 0 aliphatic carbocycles. The zero-order valence-electron chi connectivity index (χ0n) is 14.4. The van der Waals surface area contributed by atoms with Crippen LogP contribution in [0.15, 0.2) is 90.3 Å². The first-order valence-electron chi connectivity index (χ1n) is 8.45. The number of hydrogen-bond donors (Lipinski definition) is 0. The van der Waals surface area contributed by atoms with Crippen molar-refractivity contribution < 1.29 is 4.79 Å². The van der Waals surface area contributed by atoms with E-state index in [1.54, 1.807) is 12.4 Å². The monoisotopic (exact) mass is 372 g/mol. The van der Waals surface area contributed by atoms with Gasteiger partial charge in [-0.15, -0.1) is 10.2 Å². The number of rotatable bonds is 6. The standard InChI is InChI=1S/C21H16N4OS/c26-19(16-8-3-1-4-9-16)15-27-21-24-23-20(17-10-7-13-22-14-17)25(21)18-11-5-2-6-12-18/h1-14H,15H2. The third-order valence-corrected chi connectivity index (χ3v) is 4.92. The molecule has 0 N–H and O–H groups in total. The maximum absolute atomic E-state index is 12.5. The van der Waals surface area contributed by atoms with E-state index in [2.05, 4.69) is 15.2 Å². The van der Waals surface area contributed by atoms with Crippen LogP contribution in [0.3, 0.4) is 0 Å². The van der Waals surface area contributed by atoms with E-state index in [1.807, 2.05) is 77.4 Å². The maximum Gasteiger partial charge on any atom is 0.196 e. The quantitative estimate of drug-likeness (QED) is 0.373. The Kier molecular flexibility index (Phi) is 5.07. The summed E-state index contributed by atoms with van der Waals surface area (Å²) in [6.07, 6.45) is 3.48. The number of thioether (sulfide) groups is 1. The number of benzene rings is 2. The van der Waals surface area contributed by atoms with Gasteiger partial charge in [-0.25, -0.2) is 0 Å². The second kappa shape index (κ2) is 7.97. The smallest absolute Gasteiger partial charge is 0.196 e. The minimum Gasteiger partial charge on any atom is -0.293 e. The lowest BCUT2D eigenvalue weighted by atomic mass is 10.2. The first-order valence-corrected chi connectivity index (χ1v) is 9.44. The van der Waals surface area contributed by atoms with Crippen LogP contribution in [0.5, 0.6) is 0 Å². The molecule has 0 aliphatic heterocycles. The van der Waals surface area contributed by atoms with Crippen molar-refractivity contribution >= 4 is 17.5 Å². The molecule has 4 aromatic rings. The molecule has 0 bridgehead atoms. The van der Waals surface area contributed by atoms with Gasteiger partial charge in [-0.2, -0.15) is 0 Å². The molecule has 6 heteroatoms. The zero-order valence-corrected chi connectivity index (χ0v) is 15.2. The summed E-state index contributed by atoms with van der Waals surface area (Å²) >= 11 is 1.38. The van der Waals surface area contributed by atoms with E-state index in [9.17, 15) is 4.79 Å². The highest BCUT2D eigenvalue weighted by Crippen LogP contribution is 2.27. The van der Waals surface area contributed by atoms with E-state index in [0.29, 0.717) is 22.3 Å². The number of ketones is 1. The van der Waals surface area contributed by atoms with E-state index in [4.69, 9.17) is 0 Å². The number of carbonyl (C=O) groups is 1. The Hall–Kier alpha value is -3.25. The number of para-hydroxylation sites is 1. The Bertz CT molecular complexity index is 1030. The van der Waals surface area contributed by atoms with Crippen LogP contribution in [0.1, 0.15) is 10.4 Å². The molecule has 0 fully saturated rings. The molecule has 0 saturated heterocycles. The fraction of sp³-hybridized carbons (Fsp3) is 0.0476. The average Bonchev–Trinajstić information content (AvgIpc) is 3.18. The highest BCUT2D eigenvalue weighted by Gasteiger charge is 2.17. The molecule has 0 atom stereocenters. The summed E-state index contributed by atoms with van der Waals surface area (Å²) in [4.78, 5) is 16.6. The second-order valence-corrected chi connectivity index (χ2v) is 6.74. The second-order valence-electron chi connectivity index (χ2n) is 5.80. The van der Waals surface area contributed by atoms with Crippen molar-refractivity contribution in [2.24, 2.45) is 0 Å². The third kappa shape index (κ3) is 3.80. The SMILES string of the molecule is O=C(CSc1nnc(-c2cccnc2)n1-c1ccccc1)c1ccccc1. The van der Waals surface area contributed by atoms with Crippen molar-refractivity contribution in [2.75, 3.05) is 5.75 Å². The molecule has 4 rings (SSSR count). The summed E-state index contributed by atoms with van der Waals surface area (Å²) in [6, 6.07) is 23.0. The molecule has 0 radical (unpaired) electrons. The lowest BCUT2D eigenvalue weighted by Gasteiger charge is -2.10. The zero-order chi connectivity index (χ0) is 18.5. The molecule has 132 valence electrons. The first-order chi connectivity index (χ1) is 13.3. The highest BCUT2D eigenvalue weighted by molar-refractivity contribution is 7.99. The van der Waals surface area contributed by atoms with Gasteiger partial charge in [0.25, 0.3) is 0 Å². The van der Waals surface area contributed by atoms with Crippen molar-refractivity contribution in [3.63, 3.8) is 0 Å². The van der Waals surface area contributed by atoms with Gasteiger partial charge in [-0.3, -0.25) is 14.3 Å². The highest BCUT2D eigenvalue weighted by atomic mass is 32.2. The molecular formula is C21H16N4OS. The van der Waals surface area contributed by atoms with Crippen LogP contribution in [-0.2, 0) is 0 Å². The predicted octanol–water partition coefficient (Wildman–Crippen LogP) is 4.30. The number of carbonyl (C=O) groups excluding carboxylic acids is 1. The molecular weight excluding hydrogens is 356 g/mol. The van der Waals surface area contributed by atoms with Gasteiger partial charge >= 0.3 is 0 Å². The lowest BCUT2D eigenvalue weighted by molar-refractivity contribution is 0.102. The summed E-state index contributed by atoms with van der Waals surface area (Å²) in [5.41, 5.74) is 2.51. The first kappa shape index (κ1) is 17.2. The summed E-state index contributed by atoms with van der Waals surface area (Å²) in [7, 11) is 0. The normalized spacial score (nSPS) is 10.7. The van der Waals surface area contributed by atoms with Crippen molar-refractivity contribution in [1.29, 1.82) is 0 Å². The Morgan fingerprint density at radius 3 is 2.33 bits per heavy atom. The Labute approximate surface area is 161 Å². The predicted molar refractivity (Wildman–Crippen MR) is 106 cm³/mol. The van der Waals surface area contributed by atoms with Crippen LogP contribution >= 0.6 is 11.8 Å². The number of Topliss-reactive ketones (excluding diaryl/α,β-unsaturated/α-hetero) is 1. The Morgan fingerprint density at radius 2 is 1.63 bits per heavy atom. The molecule has 2 heterocycles. The molecule has 2 aromatic carbocycles. The van der Waals surface area contributed by atoms with Gasteiger partial charge in [0.1, 0.15) is 0 Å². The fourth-order valence-electron chi connectivity index (χ4n) is 2.69. The minimum atomic E-state index is 0.0612. The Morgan fingerprint density at radius 1 is 0.889 bits per heavy atom. The molecule has 0 unspecified atom stereocenters. The van der Waals surface area contributed by atoms with Crippen molar-refractivity contribution in [3.05, 3.63) is 90.8 Å². The summed E-state index contributed by atoms with van der Waals surface area (Å²) < 4.78 is 1.96. The van der Waals surface area contributed by atoms with E-state index in [1.165, 1.54) is 11.8 Å². The van der Waals surface area contributed by atoms with Gasteiger partial charge in [0, 0.05) is 29.2 Å². The summed E-state index contributed by atoms with van der Waals surface area (Å²) in [5, 5.41) is 9.36. The molecule has 0 saturated carbocycles. The van der Waals surface area contributed by atoms with Crippen LogP contribution in [-0.4, -0.2) is 31.3 Å². The van der Waals surface area contributed by atoms with E-state index in [0.717, 1.165) is 11.3 Å². The summed E-state index contributed by atoms with van der Waals surface area (Å²) in [6.45, 7) is 0. The molecule has 2 aromatic heterocycles. The molecule has 27 heavy (non-hydrogen) atoms. The molecule has 0 aliphatic rings. The number of nitrogens with zero attached hydrogens (tertiary/aromatic N) is 4. The molecule has 5 nitrogen and oxygen atoms in total. The van der Waals surface area contributed by atoms with Crippen molar-refractivity contribution in [2.45, 2.75) is 5.16 Å². The van der Waals surface area contributed by atoms with Crippen molar-refractivity contribution in [3.8, 4) is 17.1 Å². The van der Waals surface area contributed by atoms with E-state index < -0.39 is 0 Å². The number of pyridine rings is 1. The number of aromatic nitrogens is 4. The van der Waals surface area contributed by atoms with Crippen LogP contribution in [0.2, 0.25) is 0 Å². The maximum atomic E-state index is 12.5. The topological polar surface area (TPSA) is 60.7 Å². The lowest BCUT2D eigenvalue weighted by Crippen LogP contribution is -2.04. The van der Waals surface area contributed by atoms with Crippen LogP contribution in [0.4, 0.5) is 0 Å². The van der Waals surface area contributed by atoms with E-state index in [-0.39, 0.29) is 5.78 Å². The van der Waals surface area contributed by atoms with E-state index >= 15 is 0 Å². The van der Waals surface area contributed by atoms with Gasteiger partial charge in [0.15, 0.2) is 16.8 Å². The van der Waals surface area contributed by atoms with Crippen LogP contribution in [0, 0.1) is 0 Å². The van der Waals surface area contributed by atoms with Gasteiger partial charge in [-0.1, -0.05) is 60.3 Å². The summed E-state index contributed by atoms with van der Waals surface area (Å²) in [5.74, 6) is 1.05. The third-order valence-electron chi connectivity index (χ3n) is 4.00. The van der Waals surface area contributed by atoms with Crippen LogP contribution in [0.25, 0.3) is 17.1 Å². The van der Waals surface area contributed by atoms with Gasteiger partial charge in [0.05, 0.1) is 5.75 Å². The fourth-order valence-corrected chi connectivity index (χ4v) is 3.54. The van der Waals surface area contributed by atoms with Crippen molar-refractivity contribution in [1.82, 2.24) is 19.7 Å². The van der Waals surface area contributed by atoms with Gasteiger partial charge in [-0.05, 0) is 24.3 Å². The van der Waals surface area contributed by atoms with Crippen LogP contribution < -0.4 is 0 Å². The largest absolute Gasteiger partial charge is 0.293 e. The van der Waals surface area contributed by atoms with Gasteiger partial charge < -0.3 is 0 Å². The average molecular weight is 372 g/mol.